The zero-order valence-corrected chi connectivity index (χ0v) is 17.0. The number of anilines is 4. The quantitative estimate of drug-likeness (QED) is 0.537. The van der Waals surface area contributed by atoms with Crippen LogP contribution < -0.4 is 20.3 Å². The molecule has 0 fully saturated rings. The van der Waals surface area contributed by atoms with E-state index in [1.165, 1.54) is 11.9 Å². The number of rotatable bonds is 10. The summed E-state index contributed by atoms with van der Waals surface area (Å²) in [4.78, 5) is 23.8. The third kappa shape index (κ3) is 5.74. The molecule has 1 aromatic carbocycles. The third-order valence-electron chi connectivity index (χ3n) is 4.35. The highest BCUT2D eigenvalue weighted by Crippen LogP contribution is 2.17. The molecule has 0 saturated heterocycles. The monoisotopic (exact) mass is 394 g/mol. The molecule has 0 aliphatic rings. The fraction of sp³-hybridized carbons (Fsp3) is 0.350. The molecule has 9 heteroatoms. The Morgan fingerprint density at radius 2 is 1.72 bits per heavy atom. The number of benzene rings is 1. The number of ether oxygens (including phenoxy) is 1. The normalized spacial score (nSPS) is 10.4. The first-order valence-electron chi connectivity index (χ1n) is 9.62. The van der Waals surface area contributed by atoms with Crippen LogP contribution in [0, 0.1) is 0 Å². The van der Waals surface area contributed by atoms with Crippen LogP contribution in [0.2, 0.25) is 0 Å². The Morgan fingerprint density at radius 3 is 2.38 bits per heavy atom. The van der Waals surface area contributed by atoms with Crippen molar-refractivity contribution in [1.29, 1.82) is 0 Å². The van der Waals surface area contributed by atoms with E-state index in [0.29, 0.717) is 30.2 Å². The Balaban J connectivity index is 1.73. The van der Waals surface area contributed by atoms with Gasteiger partial charge in [-0.3, -0.25) is 0 Å². The Morgan fingerprint density at radius 1 is 0.966 bits per heavy atom. The molecule has 0 atom stereocenters. The summed E-state index contributed by atoms with van der Waals surface area (Å²) in [5.74, 6) is 3.05. The van der Waals surface area contributed by atoms with Crippen LogP contribution in [-0.2, 0) is 6.42 Å². The van der Waals surface area contributed by atoms with E-state index in [9.17, 15) is 0 Å². The van der Waals surface area contributed by atoms with Crippen molar-refractivity contribution < 1.29 is 4.74 Å². The average molecular weight is 394 g/mol. The van der Waals surface area contributed by atoms with Crippen molar-refractivity contribution in [2.75, 3.05) is 42.3 Å². The van der Waals surface area contributed by atoms with Crippen LogP contribution in [0.3, 0.4) is 0 Å². The van der Waals surface area contributed by atoms with E-state index in [2.05, 4.69) is 66.4 Å². The maximum atomic E-state index is 5.20. The van der Waals surface area contributed by atoms with Crippen molar-refractivity contribution in [1.82, 2.24) is 24.9 Å². The van der Waals surface area contributed by atoms with Gasteiger partial charge in [0.25, 0.3) is 0 Å². The minimum Gasteiger partial charge on any atom is -0.497 e. The van der Waals surface area contributed by atoms with Crippen LogP contribution >= 0.6 is 0 Å². The van der Waals surface area contributed by atoms with Crippen LogP contribution in [-0.4, -0.2) is 51.7 Å². The number of aromatic nitrogens is 5. The molecule has 0 bridgehead atoms. The third-order valence-corrected chi connectivity index (χ3v) is 4.35. The van der Waals surface area contributed by atoms with Crippen LogP contribution in [0.5, 0.6) is 5.75 Å². The van der Waals surface area contributed by atoms with Crippen LogP contribution in [0.15, 0.2) is 42.9 Å². The van der Waals surface area contributed by atoms with Crippen LogP contribution in [0.1, 0.15) is 19.4 Å². The van der Waals surface area contributed by atoms with Crippen molar-refractivity contribution in [3.8, 4) is 5.75 Å². The standard InChI is InChI=1S/C20H26N8O/c1-4-28(5-2)20-26-18(22-13-10-15-6-8-16(29-3)9-7-15)25-19(27-20)24-17-11-12-21-14-23-17/h6-9,11-12,14H,4-5,10,13H2,1-3H3,(H2,21,22,23,24,25,26,27). The van der Waals surface area contributed by atoms with E-state index in [1.54, 1.807) is 19.4 Å². The lowest BCUT2D eigenvalue weighted by Crippen LogP contribution is -2.25. The number of methoxy groups -OCH3 is 1. The van der Waals surface area contributed by atoms with Gasteiger partial charge >= 0.3 is 0 Å². The second-order valence-electron chi connectivity index (χ2n) is 6.20. The minimum absolute atomic E-state index is 0.438. The Hall–Kier alpha value is -3.49. The second kappa shape index (κ2) is 10.2. The number of hydrogen-bond acceptors (Lipinski definition) is 9. The van der Waals surface area contributed by atoms with Gasteiger partial charge in [0.15, 0.2) is 0 Å². The summed E-state index contributed by atoms with van der Waals surface area (Å²) in [6, 6.07) is 9.79. The van der Waals surface area contributed by atoms with Gasteiger partial charge in [-0.1, -0.05) is 12.1 Å². The van der Waals surface area contributed by atoms with Crippen LogP contribution in [0.4, 0.5) is 23.7 Å². The summed E-state index contributed by atoms with van der Waals surface area (Å²) in [6.07, 6.45) is 3.98. The molecule has 2 heterocycles. The van der Waals surface area contributed by atoms with Crippen molar-refractivity contribution in [3.63, 3.8) is 0 Å². The van der Waals surface area contributed by atoms with Crippen LogP contribution in [0.25, 0.3) is 0 Å². The summed E-state index contributed by atoms with van der Waals surface area (Å²) in [5.41, 5.74) is 1.20. The Kier molecular flexibility index (Phi) is 7.10. The molecule has 29 heavy (non-hydrogen) atoms. The van der Waals surface area contributed by atoms with Gasteiger partial charge in [0.1, 0.15) is 17.9 Å². The molecule has 0 amide bonds. The molecular weight excluding hydrogens is 368 g/mol. The van der Waals surface area contributed by atoms with Gasteiger partial charge in [-0.25, -0.2) is 9.97 Å². The first kappa shape index (κ1) is 20.2. The lowest BCUT2D eigenvalue weighted by Gasteiger charge is -2.19. The molecular formula is C20H26N8O. The van der Waals surface area contributed by atoms with Crippen molar-refractivity contribution in [2.45, 2.75) is 20.3 Å². The van der Waals surface area contributed by atoms with Gasteiger partial charge < -0.3 is 20.3 Å². The lowest BCUT2D eigenvalue weighted by atomic mass is 10.1. The Bertz CT molecular complexity index is 885. The van der Waals surface area contributed by atoms with Crippen molar-refractivity contribution >= 4 is 23.7 Å². The molecule has 2 N–H and O–H groups in total. The number of nitrogens with zero attached hydrogens (tertiary/aromatic N) is 6. The highest BCUT2D eigenvalue weighted by molar-refractivity contribution is 5.51. The largest absolute Gasteiger partial charge is 0.497 e. The van der Waals surface area contributed by atoms with Gasteiger partial charge in [0, 0.05) is 25.8 Å². The molecule has 152 valence electrons. The maximum Gasteiger partial charge on any atom is 0.235 e. The second-order valence-corrected chi connectivity index (χ2v) is 6.20. The van der Waals surface area contributed by atoms with Gasteiger partial charge in [-0.2, -0.15) is 15.0 Å². The summed E-state index contributed by atoms with van der Waals surface area (Å²) in [7, 11) is 1.66. The molecule has 0 spiro atoms. The molecule has 2 aromatic heterocycles. The summed E-state index contributed by atoms with van der Waals surface area (Å²) >= 11 is 0. The Labute approximate surface area is 170 Å². The molecule has 0 radical (unpaired) electrons. The smallest absolute Gasteiger partial charge is 0.235 e. The molecule has 9 nitrogen and oxygen atoms in total. The zero-order valence-electron chi connectivity index (χ0n) is 17.0. The number of hydrogen-bond donors (Lipinski definition) is 2. The van der Waals surface area contributed by atoms with Gasteiger partial charge in [-0.15, -0.1) is 0 Å². The minimum atomic E-state index is 0.438. The SMILES string of the molecule is CCN(CC)c1nc(NCCc2ccc(OC)cc2)nc(Nc2ccncn2)n1. The molecule has 0 saturated carbocycles. The van der Waals surface area contributed by atoms with E-state index < -0.39 is 0 Å². The first-order chi connectivity index (χ1) is 14.2. The average Bonchev–Trinajstić information content (AvgIpc) is 2.76. The predicted octanol–water partition coefficient (Wildman–Crippen LogP) is 2.91. The first-order valence-corrected chi connectivity index (χ1v) is 9.62. The molecule has 3 rings (SSSR count). The van der Waals surface area contributed by atoms with Crippen molar-refractivity contribution in [2.24, 2.45) is 0 Å². The highest BCUT2D eigenvalue weighted by Gasteiger charge is 2.12. The fourth-order valence-electron chi connectivity index (χ4n) is 2.74. The van der Waals surface area contributed by atoms with Gasteiger partial charge in [0.05, 0.1) is 7.11 Å². The highest BCUT2D eigenvalue weighted by atomic mass is 16.5. The van der Waals surface area contributed by atoms with E-state index >= 15 is 0 Å². The zero-order chi connectivity index (χ0) is 20.5. The summed E-state index contributed by atoms with van der Waals surface area (Å²) < 4.78 is 5.20. The van der Waals surface area contributed by atoms with E-state index in [0.717, 1.165) is 25.3 Å². The van der Waals surface area contributed by atoms with Gasteiger partial charge in [0.2, 0.25) is 17.8 Å². The predicted molar refractivity (Wildman–Crippen MR) is 114 cm³/mol. The molecule has 0 unspecified atom stereocenters. The van der Waals surface area contributed by atoms with E-state index in [-0.39, 0.29) is 0 Å². The van der Waals surface area contributed by atoms with Crippen molar-refractivity contribution in [3.05, 3.63) is 48.4 Å². The lowest BCUT2D eigenvalue weighted by molar-refractivity contribution is 0.414. The van der Waals surface area contributed by atoms with Gasteiger partial charge in [-0.05, 0) is 44.0 Å². The number of nitrogens with one attached hydrogen (secondary N) is 2. The van der Waals surface area contributed by atoms with E-state index in [4.69, 9.17) is 4.74 Å². The van der Waals surface area contributed by atoms with E-state index in [1.807, 2.05) is 12.1 Å². The fourth-order valence-corrected chi connectivity index (χ4v) is 2.74. The molecule has 0 aliphatic heterocycles. The maximum absolute atomic E-state index is 5.20. The molecule has 0 aliphatic carbocycles. The topological polar surface area (TPSA) is 101 Å². The summed E-state index contributed by atoms with van der Waals surface area (Å²) in [6.45, 7) is 6.45. The summed E-state index contributed by atoms with van der Waals surface area (Å²) in [5, 5.41) is 6.41. The molecule has 3 aromatic rings.